The summed E-state index contributed by atoms with van der Waals surface area (Å²) in [6.07, 6.45) is 3.16. The van der Waals surface area contributed by atoms with Crippen molar-refractivity contribution >= 4 is 11.5 Å². The molecule has 4 rings (SSSR count). The normalized spacial score (nSPS) is 17.6. The number of anilines is 1. The summed E-state index contributed by atoms with van der Waals surface area (Å²) in [5, 5.41) is 0. The maximum Gasteiger partial charge on any atom is 0.137 e. The van der Waals surface area contributed by atoms with E-state index in [1.54, 1.807) is 0 Å². The molecule has 4 nitrogen and oxygen atoms in total. The molecule has 2 aromatic rings. The quantitative estimate of drug-likeness (QED) is 0.736. The minimum atomic E-state index is 0.350. The van der Waals surface area contributed by atoms with Crippen LogP contribution < -0.4 is 9.64 Å². The van der Waals surface area contributed by atoms with Gasteiger partial charge in [0.15, 0.2) is 0 Å². The molecule has 1 aliphatic carbocycles. The Morgan fingerprint density at radius 1 is 0.889 bits per heavy atom. The molecular formula is C23H28N2O2. The molecule has 0 radical (unpaired) electrons. The number of ketones is 1. The van der Waals surface area contributed by atoms with Crippen LogP contribution in [0.1, 0.15) is 24.0 Å². The number of fused-ring (bicyclic) bond motifs is 1. The maximum atomic E-state index is 11.5. The first-order chi connectivity index (χ1) is 13.3. The van der Waals surface area contributed by atoms with Crippen LogP contribution >= 0.6 is 0 Å². The number of carbonyl (C=O) groups excluding carboxylic acids is 1. The fraction of sp³-hybridized carbons (Fsp3) is 0.435. The van der Waals surface area contributed by atoms with Gasteiger partial charge in [-0.1, -0.05) is 24.3 Å². The van der Waals surface area contributed by atoms with Crippen LogP contribution in [0.15, 0.2) is 48.5 Å². The topological polar surface area (TPSA) is 32.8 Å². The molecule has 1 saturated heterocycles. The van der Waals surface area contributed by atoms with Crippen molar-refractivity contribution in [3.63, 3.8) is 0 Å². The molecule has 4 heteroatoms. The van der Waals surface area contributed by atoms with Gasteiger partial charge in [0.2, 0.25) is 0 Å². The molecule has 1 heterocycles. The third-order valence-corrected chi connectivity index (χ3v) is 5.62. The molecule has 0 amide bonds. The standard InChI is InChI=1S/C23H28N2O2/c26-22-9-7-20-18-23(10-8-19(20)17-22)27-16-4-11-24-12-14-25(15-13-24)21-5-2-1-3-6-21/h1-3,5-6,8,10,18H,4,7,9,11-17H2. The van der Waals surface area contributed by atoms with Crippen LogP contribution in [0.4, 0.5) is 5.69 Å². The molecule has 2 aromatic carbocycles. The molecule has 2 aliphatic rings. The van der Waals surface area contributed by atoms with Crippen LogP contribution in [0.2, 0.25) is 0 Å². The van der Waals surface area contributed by atoms with Crippen molar-refractivity contribution in [3.05, 3.63) is 59.7 Å². The van der Waals surface area contributed by atoms with Crippen molar-refractivity contribution < 1.29 is 9.53 Å². The summed E-state index contributed by atoms with van der Waals surface area (Å²) in [5.74, 6) is 1.29. The van der Waals surface area contributed by atoms with E-state index < -0.39 is 0 Å². The Morgan fingerprint density at radius 3 is 2.52 bits per heavy atom. The third kappa shape index (κ3) is 4.69. The van der Waals surface area contributed by atoms with Gasteiger partial charge in [-0.3, -0.25) is 9.69 Å². The van der Waals surface area contributed by atoms with Crippen molar-refractivity contribution in [1.82, 2.24) is 4.90 Å². The Labute approximate surface area is 161 Å². The number of Topliss-reactive ketones (excluding diaryl/α,β-unsaturated/α-hetero) is 1. The fourth-order valence-electron chi connectivity index (χ4n) is 4.02. The zero-order chi connectivity index (χ0) is 18.5. The Bertz CT molecular complexity index is 767. The second-order valence-corrected chi connectivity index (χ2v) is 7.51. The second kappa shape index (κ2) is 8.57. The molecule has 27 heavy (non-hydrogen) atoms. The number of aryl methyl sites for hydroxylation is 1. The summed E-state index contributed by atoms with van der Waals surface area (Å²) >= 11 is 0. The molecule has 1 fully saturated rings. The number of hydrogen-bond acceptors (Lipinski definition) is 4. The number of piperazine rings is 1. The highest BCUT2D eigenvalue weighted by Crippen LogP contribution is 2.24. The highest BCUT2D eigenvalue weighted by molar-refractivity contribution is 5.83. The van der Waals surface area contributed by atoms with E-state index in [1.165, 1.54) is 16.8 Å². The van der Waals surface area contributed by atoms with Gasteiger partial charge in [-0.15, -0.1) is 0 Å². The molecule has 0 bridgehead atoms. The lowest BCUT2D eigenvalue weighted by molar-refractivity contribution is -0.118. The van der Waals surface area contributed by atoms with Crippen LogP contribution in [-0.4, -0.2) is 50.0 Å². The maximum absolute atomic E-state index is 11.5. The lowest BCUT2D eigenvalue weighted by Gasteiger charge is -2.36. The smallest absolute Gasteiger partial charge is 0.137 e. The number of hydrogen-bond donors (Lipinski definition) is 0. The lowest BCUT2D eigenvalue weighted by Crippen LogP contribution is -2.46. The van der Waals surface area contributed by atoms with Crippen LogP contribution in [0.3, 0.4) is 0 Å². The minimum Gasteiger partial charge on any atom is -0.494 e. The molecule has 0 spiro atoms. The Hall–Kier alpha value is -2.33. The van der Waals surface area contributed by atoms with E-state index in [2.05, 4.69) is 52.3 Å². The van der Waals surface area contributed by atoms with Crippen molar-refractivity contribution in [2.24, 2.45) is 0 Å². The summed E-state index contributed by atoms with van der Waals surface area (Å²) in [5.41, 5.74) is 3.79. The first-order valence-electron chi connectivity index (χ1n) is 10.1. The van der Waals surface area contributed by atoms with Crippen LogP contribution in [-0.2, 0) is 17.6 Å². The van der Waals surface area contributed by atoms with Gasteiger partial charge in [-0.25, -0.2) is 0 Å². The number of ether oxygens (including phenoxy) is 1. The molecule has 0 aromatic heterocycles. The number of para-hydroxylation sites is 1. The molecule has 0 atom stereocenters. The first kappa shape index (κ1) is 18.1. The zero-order valence-corrected chi connectivity index (χ0v) is 15.9. The van der Waals surface area contributed by atoms with Crippen LogP contribution in [0.5, 0.6) is 5.75 Å². The van der Waals surface area contributed by atoms with Crippen LogP contribution in [0.25, 0.3) is 0 Å². The zero-order valence-electron chi connectivity index (χ0n) is 15.9. The number of benzene rings is 2. The predicted octanol–water partition coefficient (Wildman–Crippen LogP) is 3.34. The monoisotopic (exact) mass is 364 g/mol. The van der Waals surface area contributed by atoms with Gasteiger partial charge in [0.25, 0.3) is 0 Å². The Morgan fingerprint density at radius 2 is 1.70 bits per heavy atom. The number of carbonyl (C=O) groups is 1. The van der Waals surface area contributed by atoms with Gasteiger partial charge in [0.05, 0.1) is 6.61 Å². The molecular weight excluding hydrogens is 336 g/mol. The van der Waals surface area contributed by atoms with E-state index in [-0.39, 0.29) is 0 Å². The van der Waals surface area contributed by atoms with Gasteiger partial charge >= 0.3 is 0 Å². The van der Waals surface area contributed by atoms with Gasteiger partial charge in [-0.2, -0.15) is 0 Å². The highest BCUT2D eigenvalue weighted by atomic mass is 16.5. The lowest BCUT2D eigenvalue weighted by atomic mass is 9.91. The average molecular weight is 364 g/mol. The van der Waals surface area contributed by atoms with Crippen molar-refractivity contribution in [2.45, 2.75) is 25.7 Å². The fourth-order valence-corrected chi connectivity index (χ4v) is 4.02. The molecule has 0 saturated carbocycles. The number of nitrogens with zero attached hydrogens (tertiary/aromatic N) is 2. The number of rotatable bonds is 6. The summed E-state index contributed by atoms with van der Waals surface area (Å²) in [6.45, 7) is 6.24. The van der Waals surface area contributed by atoms with E-state index in [1.807, 2.05) is 6.07 Å². The third-order valence-electron chi connectivity index (χ3n) is 5.62. The molecule has 0 unspecified atom stereocenters. The summed E-state index contributed by atoms with van der Waals surface area (Å²) < 4.78 is 5.96. The molecule has 1 aliphatic heterocycles. The summed E-state index contributed by atoms with van der Waals surface area (Å²) in [7, 11) is 0. The predicted molar refractivity (Wildman–Crippen MR) is 109 cm³/mol. The molecule has 142 valence electrons. The van der Waals surface area contributed by atoms with E-state index in [9.17, 15) is 4.79 Å². The van der Waals surface area contributed by atoms with E-state index >= 15 is 0 Å². The van der Waals surface area contributed by atoms with Crippen molar-refractivity contribution in [1.29, 1.82) is 0 Å². The van der Waals surface area contributed by atoms with Gasteiger partial charge < -0.3 is 9.64 Å². The van der Waals surface area contributed by atoms with Crippen molar-refractivity contribution in [2.75, 3.05) is 44.2 Å². The van der Waals surface area contributed by atoms with E-state index in [4.69, 9.17) is 4.74 Å². The van der Waals surface area contributed by atoms with Gasteiger partial charge in [-0.05, 0) is 48.2 Å². The Balaban J connectivity index is 1.17. The summed E-state index contributed by atoms with van der Waals surface area (Å²) in [4.78, 5) is 16.5. The largest absolute Gasteiger partial charge is 0.494 e. The van der Waals surface area contributed by atoms with E-state index in [0.29, 0.717) is 18.6 Å². The molecule has 0 N–H and O–H groups in total. The Kier molecular flexibility index (Phi) is 5.73. The van der Waals surface area contributed by atoms with Crippen molar-refractivity contribution in [3.8, 4) is 5.75 Å². The van der Waals surface area contributed by atoms with Gasteiger partial charge in [0, 0.05) is 51.3 Å². The second-order valence-electron chi connectivity index (χ2n) is 7.51. The minimum absolute atomic E-state index is 0.350. The highest BCUT2D eigenvalue weighted by Gasteiger charge is 2.17. The summed E-state index contributed by atoms with van der Waals surface area (Å²) in [6, 6.07) is 16.9. The first-order valence-corrected chi connectivity index (χ1v) is 10.1. The van der Waals surface area contributed by atoms with Gasteiger partial charge in [0.1, 0.15) is 11.5 Å². The average Bonchev–Trinajstić information content (AvgIpc) is 2.72. The SMILES string of the molecule is O=C1CCc2cc(OCCCN3CCN(c4ccccc4)CC3)ccc2C1. The van der Waals surface area contributed by atoms with Crippen LogP contribution in [0, 0.1) is 0 Å². The van der Waals surface area contributed by atoms with E-state index in [0.717, 1.165) is 57.9 Å².